The molecule has 0 spiro atoms. The third kappa shape index (κ3) is 3.19. The topological polar surface area (TPSA) is 40.5 Å². The minimum Gasteiger partial charge on any atom is -0.390 e. The number of carbonyl (C=O) groups is 1. The predicted octanol–water partition coefficient (Wildman–Crippen LogP) is 3.26. The molecule has 3 heteroatoms. The van der Waals surface area contributed by atoms with Crippen LogP contribution >= 0.6 is 0 Å². The van der Waals surface area contributed by atoms with E-state index in [9.17, 15) is 9.90 Å². The lowest BCUT2D eigenvalue weighted by Crippen LogP contribution is -2.48. The zero-order chi connectivity index (χ0) is 15.6. The fourth-order valence-electron chi connectivity index (χ4n) is 4.04. The van der Waals surface area contributed by atoms with Gasteiger partial charge in [-0.15, -0.1) is 0 Å². The van der Waals surface area contributed by atoms with E-state index in [0.717, 1.165) is 45.1 Å². The Morgan fingerprint density at radius 1 is 1.14 bits per heavy atom. The fourth-order valence-corrected chi connectivity index (χ4v) is 4.04. The number of piperidine rings is 1. The van der Waals surface area contributed by atoms with E-state index in [1.807, 2.05) is 11.0 Å². The smallest absolute Gasteiger partial charge is 0.222 e. The molecule has 0 aromatic heterocycles. The molecule has 3 nitrogen and oxygen atoms in total. The lowest BCUT2D eigenvalue weighted by atomic mass is 9.75. The van der Waals surface area contributed by atoms with Crippen LogP contribution in [-0.4, -0.2) is 34.6 Å². The predicted molar refractivity (Wildman–Crippen MR) is 87.6 cm³/mol. The zero-order valence-electron chi connectivity index (χ0n) is 13.6. The van der Waals surface area contributed by atoms with Crippen LogP contribution in [0.15, 0.2) is 30.3 Å². The summed E-state index contributed by atoms with van der Waals surface area (Å²) in [6, 6.07) is 10.5. The van der Waals surface area contributed by atoms with Crippen molar-refractivity contribution >= 4 is 5.91 Å². The van der Waals surface area contributed by atoms with Crippen LogP contribution in [0.1, 0.15) is 57.4 Å². The van der Waals surface area contributed by atoms with Gasteiger partial charge in [0.15, 0.2) is 0 Å². The van der Waals surface area contributed by atoms with Crippen molar-refractivity contribution in [2.75, 3.05) is 13.1 Å². The van der Waals surface area contributed by atoms with Crippen LogP contribution < -0.4 is 0 Å². The molecule has 3 rings (SSSR count). The molecular formula is C19H27NO2. The molecule has 1 heterocycles. The minimum atomic E-state index is -0.527. The quantitative estimate of drug-likeness (QED) is 0.927. The average Bonchev–Trinajstić information content (AvgIpc) is 2.97. The standard InChI is InChI=1S/C19H27NO2/c1-18(16-7-3-2-4-8-16)12-9-17(21)20(15-18)14-13-19(22)10-5-6-11-19/h2-4,7-8,22H,5-6,9-15H2,1H3/t18-/m1/s1. The number of rotatable bonds is 4. The van der Waals surface area contributed by atoms with E-state index in [4.69, 9.17) is 0 Å². The Morgan fingerprint density at radius 3 is 2.50 bits per heavy atom. The summed E-state index contributed by atoms with van der Waals surface area (Å²) in [5.74, 6) is 0.245. The van der Waals surface area contributed by atoms with Crippen molar-refractivity contribution in [1.29, 1.82) is 0 Å². The Morgan fingerprint density at radius 2 is 1.82 bits per heavy atom. The summed E-state index contributed by atoms with van der Waals surface area (Å²) in [7, 11) is 0. The van der Waals surface area contributed by atoms with Crippen molar-refractivity contribution in [3.8, 4) is 0 Å². The third-order valence-corrected chi connectivity index (χ3v) is 5.64. The van der Waals surface area contributed by atoms with Crippen molar-refractivity contribution in [3.63, 3.8) is 0 Å². The van der Waals surface area contributed by atoms with E-state index in [-0.39, 0.29) is 11.3 Å². The number of nitrogens with zero attached hydrogens (tertiary/aromatic N) is 1. The van der Waals surface area contributed by atoms with Crippen LogP contribution in [0.25, 0.3) is 0 Å². The zero-order valence-corrected chi connectivity index (χ0v) is 13.6. The summed E-state index contributed by atoms with van der Waals surface area (Å²) in [6.07, 6.45) is 6.28. The summed E-state index contributed by atoms with van der Waals surface area (Å²) in [5, 5.41) is 10.5. The molecule has 1 saturated heterocycles. The molecule has 1 atom stereocenters. The fraction of sp³-hybridized carbons (Fsp3) is 0.632. The van der Waals surface area contributed by atoms with Gasteiger partial charge >= 0.3 is 0 Å². The molecule has 2 aliphatic rings. The summed E-state index contributed by atoms with van der Waals surface area (Å²) in [4.78, 5) is 14.2. The maximum absolute atomic E-state index is 12.3. The molecule has 1 aromatic carbocycles. The van der Waals surface area contributed by atoms with Crippen LogP contribution in [0.5, 0.6) is 0 Å². The van der Waals surface area contributed by atoms with Gasteiger partial charge in [0, 0.05) is 24.9 Å². The largest absolute Gasteiger partial charge is 0.390 e. The Hall–Kier alpha value is -1.35. The van der Waals surface area contributed by atoms with Gasteiger partial charge in [-0.3, -0.25) is 4.79 Å². The van der Waals surface area contributed by atoms with E-state index in [1.54, 1.807) is 0 Å². The van der Waals surface area contributed by atoms with E-state index in [2.05, 4.69) is 31.2 Å². The highest BCUT2D eigenvalue weighted by molar-refractivity contribution is 5.77. The number of aliphatic hydroxyl groups is 1. The molecule has 0 unspecified atom stereocenters. The van der Waals surface area contributed by atoms with E-state index >= 15 is 0 Å². The van der Waals surface area contributed by atoms with E-state index in [0.29, 0.717) is 13.0 Å². The van der Waals surface area contributed by atoms with Gasteiger partial charge in [0.05, 0.1) is 5.60 Å². The summed E-state index contributed by atoms with van der Waals surface area (Å²) >= 11 is 0. The molecule has 1 aromatic rings. The number of benzene rings is 1. The number of likely N-dealkylation sites (tertiary alicyclic amines) is 1. The van der Waals surface area contributed by atoms with Crippen LogP contribution in [0, 0.1) is 0 Å². The molecule has 1 amide bonds. The number of carbonyl (C=O) groups excluding carboxylic acids is 1. The van der Waals surface area contributed by atoms with Gasteiger partial charge in [-0.1, -0.05) is 50.1 Å². The van der Waals surface area contributed by atoms with E-state index < -0.39 is 5.60 Å². The third-order valence-electron chi connectivity index (χ3n) is 5.64. The molecule has 2 fully saturated rings. The monoisotopic (exact) mass is 301 g/mol. The number of amides is 1. The van der Waals surface area contributed by atoms with Crippen LogP contribution in [0.3, 0.4) is 0 Å². The van der Waals surface area contributed by atoms with Gasteiger partial charge in [0.2, 0.25) is 5.91 Å². The molecule has 1 saturated carbocycles. The van der Waals surface area contributed by atoms with Gasteiger partial charge < -0.3 is 10.0 Å². The Bertz CT molecular complexity index is 521. The Kier molecular flexibility index (Phi) is 4.26. The number of hydrogen-bond acceptors (Lipinski definition) is 2. The summed E-state index contributed by atoms with van der Waals surface area (Å²) in [6.45, 7) is 3.72. The molecule has 22 heavy (non-hydrogen) atoms. The second kappa shape index (κ2) is 6.04. The molecule has 0 bridgehead atoms. The van der Waals surface area contributed by atoms with E-state index in [1.165, 1.54) is 5.56 Å². The van der Waals surface area contributed by atoms with Gasteiger partial charge in [0.25, 0.3) is 0 Å². The minimum absolute atomic E-state index is 0.0352. The maximum atomic E-state index is 12.3. The van der Waals surface area contributed by atoms with Crippen molar-refractivity contribution in [2.45, 2.75) is 62.9 Å². The first-order chi connectivity index (χ1) is 10.5. The van der Waals surface area contributed by atoms with Crippen LogP contribution in [0.2, 0.25) is 0 Å². The normalized spacial score (nSPS) is 28.1. The second-order valence-electron chi connectivity index (χ2n) is 7.42. The Labute approximate surface area is 133 Å². The molecule has 1 N–H and O–H groups in total. The van der Waals surface area contributed by atoms with Crippen LogP contribution in [0.4, 0.5) is 0 Å². The van der Waals surface area contributed by atoms with Crippen molar-refractivity contribution in [2.24, 2.45) is 0 Å². The first-order valence-corrected chi connectivity index (χ1v) is 8.57. The van der Waals surface area contributed by atoms with Crippen molar-refractivity contribution in [3.05, 3.63) is 35.9 Å². The van der Waals surface area contributed by atoms with Gasteiger partial charge in [-0.2, -0.15) is 0 Å². The lowest BCUT2D eigenvalue weighted by molar-refractivity contribution is -0.136. The highest BCUT2D eigenvalue weighted by atomic mass is 16.3. The lowest BCUT2D eigenvalue weighted by Gasteiger charge is -2.41. The molecule has 120 valence electrons. The maximum Gasteiger partial charge on any atom is 0.222 e. The number of hydrogen-bond donors (Lipinski definition) is 1. The van der Waals surface area contributed by atoms with Crippen molar-refractivity contribution in [1.82, 2.24) is 4.90 Å². The van der Waals surface area contributed by atoms with Gasteiger partial charge in [0.1, 0.15) is 0 Å². The molecule has 1 aliphatic carbocycles. The average molecular weight is 301 g/mol. The molecular weight excluding hydrogens is 274 g/mol. The molecule has 1 aliphatic heterocycles. The highest BCUT2D eigenvalue weighted by Gasteiger charge is 2.38. The first-order valence-electron chi connectivity index (χ1n) is 8.57. The molecule has 0 radical (unpaired) electrons. The van der Waals surface area contributed by atoms with Gasteiger partial charge in [-0.25, -0.2) is 0 Å². The van der Waals surface area contributed by atoms with Gasteiger partial charge in [-0.05, 0) is 31.2 Å². The summed E-state index contributed by atoms with van der Waals surface area (Å²) < 4.78 is 0. The second-order valence-corrected chi connectivity index (χ2v) is 7.42. The Balaban J connectivity index is 1.67. The summed E-state index contributed by atoms with van der Waals surface area (Å²) in [5.41, 5.74) is 0.820. The van der Waals surface area contributed by atoms with Crippen LogP contribution in [-0.2, 0) is 10.2 Å². The highest BCUT2D eigenvalue weighted by Crippen LogP contribution is 2.36. The van der Waals surface area contributed by atoms with Crippen molar-refractivity contribution < 1.29 is 9.90 Å². The first kappa shape index (κ1) is 15.5. The SMILES string of the molecule is C[C@@]1(c2ccccc2)CCC(=O)N(CCC2(O)CCCC2)C1.